The predicted octanol–water partition coefficient (Wildman–Crippen LogP) is 4.66. The zero-order valence-corrected chi connectivity index (χ0v) is 16.7. The Bertz CT molecular complexity index is 876. The van der Waals surface area contributed by atoms with E-state index in [0.29, 0.717) is 18.0 Å². The predicted molar refractivity (Wildman–Crippen MR) is 106 cm³/mol. The van der Waals surface area contributed by atoms with Gasteiger partial charge in [0, 0.05) is 16.0 Å². The molecule has 0 aliphatic carbocycles. The molecule has 1 atom stereocenters. The minimum absolute atomic E-state index is 0.156. The van der Waals surface area contributed by atoms with E-state index in [1.807, 2.05) is 24.4 Å². The van der Waals surface area contributed by atoms with Crippen LogP contribution in [-0.2, 0) is 9.59 Å². The summed E-state index contributed by atoms with van der Waals surface area (Å²) in [5.74, 6) is -0.573. The van der Waals surface area contributed by atoms with Gasteiger partial charge in [0.25, 0.3) is 5.91 Å². The smallest absolute Gasteiger partial charge is 0.294 e. The maximum atomic E-state index is 13.0. The number of ketones is 1. The minimum Gasteiger partial charge on any atom is -0.503 e. The molecule has 0 saturated heterocycles. The topological polar surface area (TPSA) is 66.8 Å². The summed E-state index contributed by atoms with van der Waals surface area (Å²) in [6.07, 6.45) is 0. The van der Waals surface area contributed by atoms with Gasteiger partial charge in [-0.2, -0.15) is 0 Å². The Hall–Kier alpha value is -2.60. The highest BCUT2D eigenvalue weighted by Crippen LogP contribution is 2.44. The number of amides is 1. The molecule has 3 rings (SSSR count). The normalized spacial score (nSPS) is 17.6. The lowest BCUT2D eigenvalue weighted by atomic mass is 9.83. The summed E-state index contributed by atoms with van der Waals surface area (Å²) >= 11 is 1.45. The number of nitrogens with zero attached hydrogens (tertiary/aromatic N) is 1. The third-order valence-corrected chi connectivity index (χ3v) is 5.30. The molecule has 2 heterocycles. The standard InChI is InChI=1S/C21H23NO4S/c1-5-26-14-10-8-13(9-11-14)22-17(15-7-6-12-27-15)16(18(23)20(22)25)19(24)21(2,3)4/h6-12,17,23H,5H2,1-4H3. The lowest BCUT2D eigenvalue weighted by molar-refractivity contribution is -0.123. The van der Waals surface area contributed by atoms with E-state index in [1.165, 1.54) is 16.2 Å². The van der Waals surface area contributed by atoms with Crippen LogP contribution >= 0.6 is 11.3 Å². The van der Waals surface area contributed by atoms with Crippen molar-refractivity contribution in [1.29, 1.82) is 0 Å². The number of benzene rings is 1. The van der Waals surface area contributed by atoms with Crippen molar-refractivity contribution in [3.05, 3.63) is 58.0 Å². The Labute approximate surface area is 162 Å². The molecule has 2 aromatic rings. The van der Waals surface area contributed by atoms with Crippen LogP contribution in [0.25, 0.3) is 0 Å². The second kappa shape index (κ2) is 7.19. The Morgan fingerprint density at radius 2 is 1.89 bits per heavy atom. The number of Topliss-reactive ketones (excluding diaryl/α,β-unsaturated/α-hetero) is 1. The molecule has 0 fully saturated rings. The second-order valence-electron chi connectivity index (χ2n) is 7.36. The molecule has 0 radical (unpaired) electrons. The van der Waals surface area contributed by atoms with E-state index in [4.69, 9.17) is 4.74 Å². The van der Waals surface area contributed by atoms with Gasteiger partial charge in [-0.05, 0) is 42.6 Å². The first kappa shape index (κ1) is 19.2. The summed E-state index contributed by atoms with van der Waals surface area (Å²) in [5.41, 5.74) is 0.0439. The zero-order valence-electron chi connectivity index (χ0n) is 15.9. The minimum atomic E-state index is -0.714. The summed E-state index contributed by atoms with van der Waals surface area (Å²) in [7, 11) is 0. The SMILES string of the molecule is CCOc1ccc(N2C(=O)C(O)=C(C(=O)C(C)(C)C)C2c2cccs2)cc1. The van der Waals surface area contributed by atoms with E-state index in [1.54, 1.807) is 45.0 Å². The quantitative estimate of drug-likeness (QED) is 0.813. The molecule has 1 unspecified atom stereocenters. The van der Waals surface area contributed by atoms with Crippen LogP contribution in [0.3, 0.4) is 0 Å². The lowest BCUT2D eigenvalue weighted by Crippen LogP contribution is -2.32. The van der Waals surface area contributed by atoms with Gasteiger partial charge in [-0.3, -0.25) is 14.5 Å². The third-order valence-electron chi connectivity index (χ3n) is 4.37. The maximum Gasteiger partial charge on any atom is 0.294 e. The highest BCUT2D eigenvalue weighted by molar-refractivity contribution is 7.10. The molecular formula is C21H23NO4S. The highest BCUT2D eigenvalue weighted by Gasteiger charge is 2.47. The van der Waals surface area contributed by atoms with Gasteiger partial charge in [0.05, 0.1) is 12.2 Å². The molecule has 27 heavy (non-hydrogen) atoms. The van der Waals surface area contributed by atoms with Crippen LogP contribution in [0.15, 0.2) is 53.1 Å². The van der Waals surface area contributed by atoms with Crippen LogP contribution in [-0.4, -0.2) is 23.4 Å². The van der Waals surface area contributed by atoms with Crippen molar-refractivity contribution < 1.29 is 19.4 Å². The van der Waals surface area contributed by atoms with Crippen molar-refractivity contribution in [1.82, 2.24) is 0 Å². The van der Waals surface area contributed by atoms with Gasteiger partial charge in [-0.25, -0.2) is 0 Å². The van der Waals surface area contributed by atoms with Gasteiger partial charge in [-0.15, -0.1) is 11.3 Å². The molecule has 5 nitrogen and oxygen atoms in total. The summed E-state index contributed by atoms with van der Waals surface area (Å²) in [6, 6.07) is 10.2. The molecule has 1 aromatic heterocycles. The summed E-state index contributed by atoms with van der Waals surface area (Å²) in [5, 5.41) is 12.5. The van der Waals surface area contributed by atoms with Gasteiger partial charge >= 0.3 is 0 Å². The summed E-state index contributed by atoms with van der Waals surface area (Å²) < 4.78 is 5.46. The number of carbonyl (C=O) groups excluding carboxylic acids is 2. The molecule has 6 heteroatoms. The number of rotatable bonds is 5. The van der Waals surface area contributed by atoms with E-state index < -0.39 is 23.1 Å². The Morgan fingerprint density at radius 3 is 2.41 bits per heavy atom. The number of carbonyl (C=O) groups is 2. The fraction of sp³-hybridized carbons (Fsp3) is 0.333. The molecular weight excluding hydrogens is 362 g/mol. The van der Waals surface area contributed by atoms with Crippen molar-refractivity contribution in [2.75, 3.05) is 11.5 Å². The van der Waals surface area contributed by atoms with Crippen molar-refractivity contribution in [2.24, 2.45) is 5.41 Å². The van der Waals surface area contributed by atoms with Crippen molar-refractivity contribution in [3.63, 3.8) is 0 Å². The van der Waals surface area contributed by atoms with Crippen molar-refractivity contribution in [3.8, 4) is 5.75 Å². The first-order valence-corrected chi connectivity index (χ1v) is 9.71. The van der Waals surface area contributed by atoms with Gasteiger partial charge in [0.2, 0.25) is 0 Å². The van der Waals surface area contributed by atoms with Gasteiger partial charge in [-0.1, -0.05) is 26.8 Å². The van der Waals surface area contributed by atoms with Crippen molar-refractivity contribution in [2.45, 2.75) is 33.7 Å². The number of aliphatic hydroxyl groups excluding tert-OH is 1. The van der Waals surface area contributed by atoms with Crippen LogP contribution in [0.5, 0.6) is 5.75 Å². The molecule has 0 saturated carbocycles. The van der Waals surface area contributed by atoms with E-state index in [-0.39, 0.29) is 11.4 Å². The Morgan fingerprint density at radius 1 is 1.22 bits per heavy atom. The third kappa shape index (κ3) is 3.49. The fourth-order valence-corrected chi connectivity index (χ4v) is 3.92. The van der Waals surface area contributed by atoms with Crippen LogP contribution in [0.4, 0.5) is 5.69 Å². The van der Waals surface area contributed by atoms with Crippen molar-refractivity contribution >= 4 is 28.7 Å². The number of ether oxygens (including phenoxy) is 1. The molecule has 1 amide bonds. The number of aliphatic hydroxyl groups is 1. The van der Waals surface area contributed by atoms with Crippen LogP contribution in [0.1, 0.15) is 38.6 Å². The highest BCUT2D eigenvalue weighted by atomic mass is 32.1. The van der Waals surface area contributed by atoms with E-state index in [9.17, 15) is 14.7 Å². The van der Waals surface area contributed by atoms with Crippen LogP contribution in [0.2, 0.25) is 0 Å². The van der Waals surface area contributed by atoms with E-state index >= 15 is 0 Å². The maximum absolute atomic E-state index is 13.0. The summed E-state index contributed by atoms with van der Waals surface area (Å²) in [4.78, 5) is 28.2. The average molecular weight is 385 g/mol. The molecule has 1 aliphatic rings. The van der Waals surface area contributed by atoms with Crippen LogP contribution < -0.4 is 9.64 Å². The lowest BCUT2D eigenvalue weighted by Gasteiger charge is -2.28. The molecule has 1 aliphatic heterocycles. The number of hydrogen-bond donors (Lipinski definition) is 1. The Balaban J connectivity index is 2.09. The Kier molecular flexibility index (Phi) is 5.11. The monoisotopic (exact) mass is 385 g/mol. The summed E-state index contributed by atoms with van der Waals surface area (Å²) in [6.45, 7) is 7.80. The molecule has 1 N–H and O–H groups in total. The van der Waals surface area contributed by atoms with Gasteiger partial charge in [0.15, 0.2) is 11.5 Å². The number of anilines is 1. The number of thiophene rings is 1. The number of hydrogen-bond acceptors (Lipinski definition) is 5. The average Bonchev–Trinajstić information content (AvgIpc) is 3.22. The largest absolute Gasteiger partial charge is 0.503 e. The zero-order chi connectivity index (χ0) is 19.8. The van der Waals surface area contributed by atoms with E-state index in [0.717, 1.165) is 4.88 Å². The molecule has 1 aromatic carbocycles. The van der Waals surface area contributed by atoms with Crippen LogP contribution in [0, 0.1) is 5.41 Å². The van der Waals surface area contributed by atoms with Gasteiger partial charge in [0.1, 0.15) is 11.8 Å². The second-order valence-corrected chi connectivity index (χ2v) is 8.34. The molecule has 0 spiro atoms. The first-order valence-electron chi connectivity index (χ1n) is 8.83. The van der Waals surface area contributed by atoms with Gasteiger partial charge < -0.3 is 9.84 Å². The fourth-order valence-electron chi connectivity index (χ4n) is 3.09. The molecule has 0 bridgehead atoms. The van der Waals surface area contributed by atoms with E-state index in [2.05, 4.69) is 0 Å². The first-order chi connectivity index (χ1) is 12.8. The molecule has 142 valence electrons.